The van der Waals surface area contributed by atoms with Crippen molar-refractivity contribution >= 4 is 5.69 Å². The predicted octanol–water partition coefficient (Wildman–Crippen LogP) is 3.75. The summed E-state index contributed by atoms with van der Waals surface area (Å²) in [4.78, 5) is 2.32. The molecule has 0 radical (unpaired) electrons. The fourth-order valence-corrected chi connectivity index (χ4v) is 3.01. The number of nitrogen functional groups attached to an aromatic ring is 1. The molecule has 1 saturated heterocycles. The van der Waals surface area contributed by atoms with E-state index in [0.29, 0.717) is 23.8 Å². The van der Waals surface area contributed by atoms with Gasteiger partial charge in [0.05, 0.1) is 0 Å². The Hall–Kier alpha value is -1.87. The normalized spacial score (nSPS) is 19.4. The summed E-state index contributed by atoms with van der Waals surface area (Å²) in [6, 6.07) is 15.7. The van der Waals surface area contributed by atoms with Gasteiger partial charge in [0, 0.05) is 23.8 Å². The van der Waals surface area contributed by atoms with Gasteiger partial charge < -0.3 is 5.73 Å². The van der Waals surface area contributed by atoms with Crippen LogP contribution in [0.25, 0.3) is 0 Å². The van der Waals surface area contributed by atoms with E-state index in [1.165, 1.54) is 11.6 Å². The first-order valence-electron chi connectivity index (χ1n) is 7.07. The van der Waals surface area contributed by atoms with Gasteiger partial charge in [-0.2, -0.15) is 0 Å². The van der Waals surface area contributed by atoms with Crippen LogP contribution in [0, 0.1) is 5.82 Å². The van der Waals surface area contributed by atoms with Gasteiger partial charge in [-0.15, -0.1) is 0 Å². The van der Waals surface area contributed by atoms with Crippen LogP contribution in [0.3, 0.4) is 0 Å². The highest BCUT2D eigenvalue weighted by molar-refractivity contribution is 5.47. The van der Waals surface area contributed by atoms with E-state index in [0.717, 1.165) is 19.4 Å². The summed E-state index contributed by atoms with van der Waals surface area (Å²) in [5.74, 6) is -0.205. The Labute approximate surface area is 119 Å². The summed E-state index contributed by atoms with van der Waals surface area (Å²) in [6.07, 6.45) is 2.27. The third-order valence-corrected chi connectivity index (χ3v) is 4.06. The Balaban J connectivity index is 1.83. The monoisotopic (exact) mass is 270 g/mol. The average Bonchev–Trinajstić information content (AvgIpc) is 2.92. The molecule has 2 aromatic carbocycles. The zero-order valence-electron chi connectivity index (χ0n) is 11.4. The lowest BCUT2D eigenvalue weighted by molar-refractivity contribution is 0.245. The first-order valence-corrected chi connectivity index (χ1v) is 7.07. The third kappa shape index (κ3) is 2.54. The Morgan fingerprint density at radius 2 is 1.90 bits per heavy atom. The highest BCUT2D eigenvalue weighted by atomic mass is 19.1. The Morgan fingerprint density at radius 1 is 1.10 bits per heavy atom. The van der Waals surface area contributed by atoms with Crippen LogP contribution in [0.4, 0.5) is 10.1 Å². The molecule has 1 atom stereocenters. The van der Waals surface area contributed by atoms with E-state index in [-0.39, 0.29) is 5.82 Å². The molecule has 3 rings (SSSR count). The van der Waals surface area contributed by atoms with Crippen molar-refractivity contribution < 1.29 is 4.39 Å². The molecule has 1 heterocycles. The van der Waals surface area contributed by atoms with E-state index in [9.17, 15) is 4.39 Å². The molecule has 2 nitrogen and oxygen atoms in total. The summed E-state index contributed by atoms with van der Waals surface area (Å²) >= 11 is 0. The van der Waals surface area contributed by atoms with Crippen LogP contribution < -0.4 is 5.73 Å². The molecule has 3 heteroatoms. The lowest BCUT2D eigenvalue weighted by Gasteiger charge is -2.25. The number of nitrogens with zero attached hydrogens (tertiary/aromatic N) is 1. The van der Waals surface area contributed by atoms with Crippen molar-refractivity contribution in [3.8, 4) is 0 Å². The van der Waals surface area contributed by atoms with Crippen LogP contribution in [0.5, 0.6) is 0 Å². The molecule has 0 bridgehead atoms. The molecule has 20 heavy (non-hydrogen) atoms. The van der Waals surface area contributed by atoms with Crippen molar-refractivity contribution in [1.29, 1.82) is 0 Å². The summed E-state index contributed by atoms with van der Waals surface area (Å²) in [7, 11) is 0. The maximum Gasteiger partial charge on any atom is 0.129 e. The number of nitrogens with two attached hydrogens (primary N) is 1. The minimum absolute atomic E-state index is 0.205. The number of likely N-dealkylation sites (tertiary alicyclic amines) is 1. The molecule has 0 amide bonds. The van der Waals surface area contributed by atoms with Crippen LogP contribution in [0.15, 0.2) is 48.5 Å². The Morgan fingerprint density at radius 3 is 2.65 bits per heavy atom. The molecule has 1 fully saturated rings. The fourth-order valence-electron chi connectivity index (χ4n) is 3.01. The maximum atomic E-state index is 13.9. The van der Waals surface area contributed by atoms with Gasteiger partial charge in [0.2, 0.25) is 0 Å². The highest BCUT2D eigenvalue weighted by Crippen LogP contribution is 2.34. The highest BCUT2D eigenvalue weighted by Gasteiger charge is 2.26. The molecule has 104 valence electrons. The Kier molecular flexibility index (Phi) is 3.70. The van der Waals surface area contributed by atoms with Crippen molar-refractivity contribution in [2.45, 2.75) is 25.4 Å². The van der Waals surface area contributed by atoms with Crippen molar-refractivity contribution in [3.63, 3.8) is 0 Å². The molecule has 1 aliphatic heterocycles. The molecule has 2 aromatic rings. The van der Waals surface area contributed by atoms with Crippen molar-refractivity contribution in [2.24, 2.45) is 0 Å². The number of hydrogen-bond donors (Lipinski definition) is 1. The van der Waals surface area contributed by atoms with Gasteiger partial charge >= 0.3 is 0 Å². The zero-order valence-corrected chi connectivity index (χ0v) is 11.4. The van der Waals surface area contributed by atoms with Gasteiger partial charge in [0.25, 0.3) is 0 Å². The van der Waals surface area contributed by atoms with Gasteiger partial charge in [0.15, 0.2) is 0 Å². The lowest BCUT2D eigenvalue weighted by atomic mass is 10.0. The smallest absolute Gasteiger partial charge is 0.129 e. The average molecular weight is 270 g/mol. The third-order valence-electron chi connectivity index (χ3n) is 4.06. The molecule has 1 unspecified atom stereocenters. The summed E-state index contributed by atoms with van der Waals surface area (Å²) in [5, 5.41) is 0. The Bertz CT molecular complexity index is 563. The molecule has 0 spiro atoms. The van der Waals surface area contributed by atoms with Crippen molar-refractivity contribution in [1.82, 2.24) is 4.90 Å². The summed E-state index contributed by atoms with van der Waals surface area (Å²) < 4.78 is 13.9. The van der Waals surface area contributed by atoms with Crippen LogP contribution in [0.2, 0.25) is 0 Å². The van der Waals surface area contributed by atoms with Crippen molar-refractivity contribution in [2.75, 3.05) is 12.3 Å². The molecule has 1 aliphatic rings. The zero-order chi connectivity index (χ0) is 13.9. The second-order valence-electron chi connectivity index (χ2n) is 5.35. The number of benzene rings is 2. The van der Waals surface area contributed by atoms with Gasteiger partial charge in [-0.3, -0.25) is 4.90 Å². The first kappa shape index (κ1) is 13.1. The predicted molar refractivity (Wildman–Crippen MR) is 79.6 cm³/mol. The van der Waals surface area contributed by atoms with Crippen molar-refractivity contribution in [3.05, 3.63) is 65.5 Å². The van der Waals surface area contributed by atoms with Gasteiger partial charge in [-0.25, -0.2) is 4.39 Å². The van der Waals surface area contributed by atoms with E-state index in [2.05, 4.69) is 29.2 Å². The molecular formula is C17H19FN2. The first-order chi connectivity index (χ1) is 9.75. The molecule has 0 aliphatic carbocycles. The van der Waals surface area contributed by atoms with E-state index < -0.39 is 0 Å². The number of anilines is 1. The van der Waals surface area contributed by atoms with Crippen LogP contribution in [-0.4, -0.2) is 11.4 Å². The molecule has 0 saturated carbocycles. The quantitative estimate of drug-likeness (QED) is 0.861. The van der Waals surface area contributed by atoms with Crippen LogP contribution >= 0.6 is 0 Å². The summed E-state index contributed by atoms with van der Waals surface area (Å²) in [6.45, 7) is 1.57. The van der Waals surface area contributed by atoms with Crippen LogP contribution in [-0.2, 0) is 6.54 Å². The fraction of sp³-hybridized carbons (Fsp3) is 0.294. The molecule has 2 N–H and O–H groups in total. The van der Waals surface area contributed by atoms with Gasteiger partial charge in [-0.1, -0.05) is 36.4 Å². The van der Waals surface area contributed by atoms with E-state index in [4.69, 9.17) is 5.73 Å². The minimum atomic E-state index is -0.205. The largest absolute Gasteiger partial charge is 0.398 e. The second kappa shape index (κ2) is 5.63. The number of halogens is 1. The topological polar surface area (TPSA) is 29.3 Å². The molecular weight excluding hydrogens is 251 g/mol. The SMILES string of the molecule is Nc1cccc(F)c1CN1CCCC1c1ccccc1. The van der Waals surface area contributed by atoms with Gasteiger partial charge in [0.1, 0.15) is 5.82 Å². The lowest BCUT2D eigenvalue weighted by Crippen LogP contribution is -2.24. The van der Waals surface area contributed by atoms with E-state index in [1.807, 2.05) is 6.07 Å². The van der Waals surface area contributed by atoms with Crippen LogP contribution in [0.1, 0.15) is 30.0 Å². The number of hydrogen-bond acceptors (Lipinski definition) is 2. The minimum Gasteiger partial charge on any atom is -0.398 e. The maximum absolute atomic E-state index is 13.9. The standard InChI is InChI=1S/C17H19FN2/c18-15-8-4-9-16(19)14(15)12-20-11-5-10-17(20)13-6-2-1-3-7-13/h1-4,6-9,17H,5,10-12,19H2. The van der Waals surface area contributed by atoms with E-state index >= 15 is 0 Å². The summed E-state index contributed by atoms with van der Waals surface area (Å²) in [5.41, 5.74) is 8.39. The van der Waals surface area contributed by atoms with Gasteiger partial charge in [-0.05, 0) is 37.1 Å². The molecule has 0 aromatic heterocycles. The second-order valence-corrected chi connectivity index (χ2v) is 5.35. The van der Waals surface area contributed by atoms with E-state index in [1.54, 1.807) is 12.1 Å². The number of rotatable bonds is 3.